The predicted octanol–water partition coefficient (Wildman–Crippen LogP) is 3.37. The van der Waals surface area contributed by atoms with Gasteiger partial charge in [-0.2, -0.15) is 0 Å². The Bertz CT molecular complexity index is 822. The van der Waals surface area contributed by atoms with Crippen molar-refractivity contribution in [3.63, 3.8) is 0 Å². The van der Waals surface area contributed by atoms with Crippen molar-refractivity contribution in [2.45, 2.75) is 6.61 Å². The summed E-state index contributed by atoms with van der Waals surface area (Å²) in [6.45, 7) is 0.0521. The minimum atomic E-state index is -0.456. The first-order chi connectivity index (χ1) is 11.2. The number of thiophene rings is 1. The monoisotopic (exact) mass is 325 g/mol. The summed E-state index contributed by atoms with van der Waals surface area (Å²) in [6.07, 6.45) is 0. The van der Waals surface area contributed by atoms with Crippen LogP contribution in [0.15, 0.2) is 60.0 Å². The van der Waals surface area contributed by atoms with Gasteiger partial charge in [0.2, 0.25) is 0 Å². The molecule has 0 spiro atoms. The summed E-state index contributed by atoms with van der Waals surface area (Å²) < 4.78 is 5.25. The van der Waals surface area contributed by atoms with Crippen molar-refractivity contribution >= 4 is 34.0 Å². The van der Waals surface area contributed by atoms with E-state index in [0.717, 1.165) is 16.3 Å². The maximum atomic E-state index is 11.8. The summed E-state index contributed by atoms with van der Waals surface area (Å²) >= 11 is 1.33. The SMILES string of the molecule is O=C(CNC(=O)c1cccs1)OCc1cccc2ccccc12. The Labute approximate surface area is 137 Å². The zero-order valence-corrected chi connectivity index (χ0v) is 13.1. The molecule has 0 radical (unpaired) electrons. The van der Waals surface area contributed by atoms with Crippen LogP contribution in [-0.4, -0.2) is 18.4 Å². The molecule has 5 heteroatoms. The normalized spacial score (nSPS) is 10.4. The fraction of sp³-hybridized carbons (Fsp3) is 0.111. The van der Waals surface area contributed by atoms with Crippen LogP contribution in [0.4, 0.5) is 0 Å². The van der Waals surface area contributed by atoms with E-state index in [0.29, 0.717) is 4.88 Å². The molecule has 1 N–H and O–H groups in total. The minimum absolute atomic E-state index is 0.137. The first-order valence-electron chi connectivity index (χ1n) is 7.18. The van der Waals surface area contributed by atoms with E-state index >= 15 is 0 Å². The van der Waals surface area contributed by atoms with E-state index in [1.54, 1.807) is 12.1 Å². The second-order valence-corrected chi connectivity index (χ2v) is 5.91. The summed E-state index contributed by atoms with van der Waals surface area (Å²) in [5.41, 5.74) is 0.945. The van der Waals surface area contributed by atoms with Crippen molar-refractivity contribution in [3.8, 4) is 0 Å². The third-order valence-corrected chi connectivity index (χ3v) is 4.28. The highest BCUT2D eigenvalue weighted by molar-refractivity contribution is 7.12. The molecule has 0 unspecified atom stereocenters. The van der Waals surface area contributed by atoms with Crippen molar-refractivity contribution in [1.82, 2.24) is 5.32 Å². The molecule has 23 heavy (non-hydrogen) atoms. The summed E-state index contributed by atoms with van der Waals surface area (Å²) in [7, 11) is 0. The van der Waals surface area contributed by atoms with Crippen molar-refractivity contribution in [1.29, 1.82) is 0 Å². The van der Waals surface area contributed by atoms with Crippen LogP contribution >= 0.6 is 11.3 Å². The van der Waals surface area contributed by atoms with E-state index < -0.39 is 5.97 Å². The van der Waals surface area contributed by atoms with Gasteiger partial charge in [-0.15, -0.1) is 11.3 Å². The lowest BCUT2D eigenvalue weighted by molar-refractivity contribution is -0.143. The Morgan fingerprint density at radius 1 is 1.00 bits per heavy atom. The molecule has 0 aliphatic heterocycles. The van der Waals surface area contributed by atoms with Crippen LogP contribution in [0, 0.1) is 0 Å². The van der Waals surface area contributed by atoms with E-state index in [1.807, 2.05) is 47.8 Å². The average molecular weight is 325 g/mol. The quantitative estimate of drug-likeness (QED) is 0.732. The lowest BCUT2D eigenvalue weighted by Gasteiger charge is -2.08. The standard InChI is InChI=1S/C18H15NO3S/c20-17(11-19-18(21)16-9-4-10-23-16)22-12-14-7-3-6-13-5-1-2-8-15(13)14/h1-10H,11-12H2,(H,19,21). The van der Waals surface area contributed by atoms with Crippen LogP contribution in [0.2, 0.25) is 0 Å². The third kappa shape index (κ3) is 3.76. The molecule has 116 valence electrons. The second kappa shape index (κ2) is 7.07. The number of carbonyl (C=O) groups is 2. The lowest BCUT2D eigenvalue weighted by atomic mass is 10.1. The Morgan fingerprint density at radius 3 is 2.65 bits per heavy atom. The first-order valence-corrected chi connectivity index (χ1v) is 8.06. The molecule has 0 aliphatic rings. The van der Waals surface area contributed by atoms with Gasteiger partial charge in [0.05, 0.1) is 4.88 Å². The summed E-state index contributed by atoms with van der Waals surface area (Å²) in [6, 6.07) is 17.3. The van der Waals surface area contributed by atoms with Gasteiger partial charge in [0.1, 0.15) is 13.2 Å². The maximum Gasteiger partial charge on any atom is 0.325 e. The fourth-order valence-electron chi connectivity index (χ4n) is 2.27. The van der Waals surface area contributed by atoms with Crippen LogP contribution < -0.4 is 5.32 Å². The van der Waals surface area contributed by atoms with E-state index in [1.165, 1.54) is 11.3 Å². The van der Waals surface area contributed by atoms with E-state index in [4.69, 9.17) is 4.74 Å². The second-order valence-electron chi connectivity index (χ2n) is 4.96. The van der Waals surface area contributed by atoms with Crippen LogP contribution in [0.5, 0.6) is 0 Å². The molecule has 1 amide bonds. The van der Waals surface area contributed by atoms with Crippen LogP contribution in [0.25, 0.3) is 10.8 Å². The Balaban J connectivity index is 1.55. The molecular formula is C18H15NO3S. The first kappa shape index (κ1) is 15.2. The lowest BCUT2D eigenvalue weighted by Crippen LogP contribution is -2.30. The molecule has 0 fully saturated rings. The van der Waals surface area contributed by atoms with Crippen molar-refractivity contribution in [2.75, 3.05) is 6.54 Å². The van der Waals surface area contributed by atoms with E-state index in [-0.39, 0.29) is 19.1 Å². The number of carbonyl (C=O) groups excluding carboxylic acids is 2. The Morgan fingerprint density at radius 2 is 1.83 bits per heavy atom. The summed E-state index contributed by atoms with van der Waals surface area (Å²) in [5, 5.41) is 6.53. The number of amides is 1. The number of hydrogen-bond acceptors (Lipinski definition) is 4. The van der Waals surface area contributed by atoms with Gasteiger partial charge in [0.25, 0.3) is 5.91 Å². The van der Waals surface area contributed by atoms with Gasteiger partial charge in [-0.25, -0.2) is 0 Å². The highest BCUT2D eigenvalue weighted by Gasteiger charge is 2.10. The molecule has 0 aliphatic carbocycles. The molecule has 0 saturated heterocycles. The third-order valence-electron chi connectivity index (χ3n) is 3.41. The maximum absolute atomic E-state index is 11.8. The number of fused-ring (bicyclic) bond motifs is 1. The van der Waals surface area contributed by atoms with Crippen LogP contribution in [0.1, 0.15) is 15.2 Å². The molecule has 3 rings (SSSR count). The van der Waals surface area contributed by atoms with E-state index in [2.05, 4.69) is 5.32 Å². The van der Waals surface area contributed by atoms with Gasteiger partial charge in [-0.1, -0.05) is 48.5 Å². The molecule has 4 nitrogen and oxygen atoms in total. The van der Waals surface area contributed by atoms with E-state index in [9.17, 15) is 9.59 Å². The van der Waals surface area contributed by atoms with Crippen molar-refractivity contribution in [3.05, 3.63) is 70.4 Å². The fourth-order valence-corrected chi connectivity index (χ4v) is 2.92. The molecule has 0 atom stereocenters. The molecule has 1 heterocycles. The molecule has 0 bridgehead atoms. The number of benzene rings is 2. The Hall–Kier alpha value is -2.66. The van der Waals surface area contributed by atoms with Gasteiger partial charge < -0.3 is 10.1 Å². The highest BCUT2D eigenvalue weighted by Crippen LogP contribution is 2.19. The minimum Gasteiger partial charge on any atom is -0.459 e. The van der Waals surface area contributed by atoms with Gasteiger partial charge in [-0.3, -0.25) is 9.59 Å². The predicted molar refractivity (Wildman–Crippen MR) is 90.4 cm³/mol. The van der Waals surface area contributed by atoms with Gasteiger partial charge in [0, 0.05) is 0 Å². The molecule has 3 aromatic rings. The topological polar surface area (TPSA) is 55.4 Å². The van der Waals surface area contributed by atoms with Crippen LogP contribution in [0.3, 0.4) is 0 Å². The van der Waals surface area contributed by atoms with Crippen LogP contribution in [-0.2, 0) is 16.1 Å². The summed E-state index contributed by atoms with van der Waals surface area (Å²) in [4.78, 5) is 24.1. The Kier molecular flexibility index (Phi) is 4.68. The molecular weight excluding hydrogens is 310 g/mol. The average Bonchev–Trinajstić information content (AvgIpc) is 3.12. The van der Waals surface area contributed by atoms with Gasteiger partial charge in [0.15, 0.2) is 0 Å². The number of hydrogen-bond donors (Lipinski definition) is 1. The van der Waals surface area contributed by atoms with Gasteiger partial charge >= 0.3 is 5.97 Å². The zero-order chi connectivity index (χ0) is 16.1. The van der Waals surface area contributed by atoms with Crippen molar-refractivity contribution in [2.24, 2.45) is 0 Å². The zero-order valence-electron chi connectivity index (χ0n) is 12.3. The molecule has 2 aromatic carbocycles. The molecule has 1 aromatic heterocycles. The largest absolute Gasteiger partial charge is 0.459 e. The smallest absolute Gasteiger partial charge is 0.325 e. The number of rotatable bonds is 5. The highest BCUT2D eigenvalue weighted by atomic mass is 32.1. The number of ether oxygens (including phenoxy) is 1. The number of nitrogens with one attached hydrogen (secondary N) is 1. The summed E-state index contributed by atoms with van der Waals surface area (Å²) in [5.74, 6) is -0.718. The van der Waals surface area contributed by atoms with Crippen molar-refractivity contribution < 1.29 is 14.3 Å². The van der Waals surface area contributed by atoms with Gasteiger partial charge in [-0.05, 0) is 27.8 Å². The molecule has 0 saturated carbocycles. The number of esters is 1.